The first-order valence-electron chi connectivity index (χ1n) is 8.65. The number of anilines is 1. The molecule has 2 aromatic rings. The third-order valence-corrected chi connectivity index (χ3v) is 5.04. The summed E-state index contributed by atoms with van der Waals surface area (Å²) < 4.78 is 10.8. The fourth-order valence-electron chi connectivity index (χ4n) is 3.86. The van der Waals surface area contributed by atoms with Gasteiger partial charge in [-0.05, 0) is 18.9 Å². The molecule has 0 radical (unpaired) electrons. The summed E-state index contributed by atoms with van der Waals surface area (Å²) in [6.07, 6.45) is 1.82. The van der Waals surface area contributed by atoms with Gasteiger partial charge >= 0.3 is 5.69 Å². The number of aromatic amines is 2. The van der Waals surface area contributed by atoms with Crippen molar-refractivity contribution in [3.05, 3.63) is 61.4 Å². The average Bonchev–Trinajstić information content (AvgIpc) is 2.66. The van der Waals surface area contributed by atoms with Crippen LogP contribution in [0.25, 0.3) is 0 Å². The smallest absolute Gasteiger partial charge is 0.327 e. The summed E-state index contributed by atoms with van der Waals surface area (Å²) in [6, 6.07) is 5.26. The van der Waals surface area contributed by atoms with Gasteiger partial charge in [0.05, 0.1) is 25.7 Å². The molecule has 8 nitrogen and oxygen atoms in total. The zero-order valence-electron chi connectivity index (χ0n) is 15.0. The van der Waals surface area contributed by atoms with E-state index in [4.69, 9.17) is 9.47 Å². The van der Waals surface area contributed by atoms with Crippen molar-refractivity contribution in [1.82, 2.24) is 9.97 Å². The number of H-pyrrole nitrogens is 2. The number of hydrogen-bond donors (Lipinski definition) is 3. The van der Waals surface area contributed by atoms with Crippen molar-refractivity contribution < 1.29 is 14.3 Å². The highest BCUT2D eigenvalue weighted by molar-refractivity contribution is 6.01. The van der Waals surface area contributed by atoms with Crippen LogP contribution in [0.5, 0.6) is 11.5 Å². The molecule has 0 unspecified atom stereocenters. The van der Waals surface area contributed by atoms with Gasteiger partial charge in [-0.2, -0.15) is 0 Å². The van der Waals surface area contributed by atoms with Gasteiger partial charge in [0.2, 0.25) is 0 Å². The third kappa shape index (κ3) is 2.73. The SMILES string of the molecule is COc1ccc([C@H]2C3=C(CCCC3=O)Nc3[nH]c(=O)[nH]c(=O)c32)c(OC)c1. The number of ether oxygens (including phenoxy) is 2. The van der Waals surface area contributed by atoms with Crippen molar-refractivity contribution in [2.24, 2.45) is 0 Å². The van der Waals surface area contributed by atoms with Crippen LogP contribution in [0.3, 0.4) is 0 Å². The van der Waals surface area contributed by atoms with E-state index in [1.165, 1.54) is 7.11 Å². The highest BCUT2D eigenvalue weighted by atomic mass is 16.5. The van der Waals surface area contributed by atoms with Gasteiger partial charge in [0, 0.05) is 29.3 Å². The normalized spacial score (nSPS) is 18.4. The molecule has 2 aliphatic rings. The van der Waals surface area contributed by atoms with Crippen LogP contribution in [0.1, 0.15) is 36.3 Å². The maximum Gasteiger partial charge on any atom is 0.327 e. The molecule has 1 aromatic heterocycles. The minimum atomic E-state index is -0.634. The Hall–Kier alpha value is -3.29. The summed E-state index contributed by atoms with van der Waals surface area (Å²) in [5.41, 5.74) is 1.12. The van der Waals surface area contributed by atoms with Crippen LogP contribution in [-0.2, 0) is 4.79 Å². The molecule has 1 atom stereocenters. The lowest BCUT2D eigenvalue weighted by Gasteiger charge is -2.33. The number of rotatable bonds is 3. The quantitative estimate of drug-likeness (QED) is 0.758. The Bertz CT molecular complexity index is 1080. The lowest BCUT2D eigenvalue weighted by molar-refractivity contribution is -0.116. The Labute approximate surface area is 154 Å². The number of hydrogen-bond acceptors (Lipinski definition) is 6. The fraction of sp³-hybridized carbons (Fsp3) is 0.316. The maximum absolute atomic E-state index is 12.8. The van der Waals surface area contributed by atoms with Gasteiger partial charge in [-0.25, -0.2) is 4.79 Å². The van der Waals surface area contributed by atoms with Crippen molar-refractivity contribution in [2.75, 3.05) is 19.5 Å². The van der Waals surface area contributed by atoms with Crippen molar-refractivity contribution in [3.63, 3.8) is 0 Å². The number of carbonyl (C=O) groups is 1. The molecule has 1 aromatic carbocycles. The second-order valence-corrected chi connectivity index (χ2v) is 6.53. The predicted octanol–water partition coefficient (Wildman–Crippen LogP) is 1.64. The topological polar surface area (TPSA) is 113 Å². The number of ketones is 1. The van der Waals surface area contributed by atoms with E-state index in [2.05, 4.69) is 15.3 Å². The minimum absolute atomic E-state index is 0.0112. The van der Waals surface area contributed by atoms with E-state index < -0.39 is 17.2 Å². The second-order valence-electron chi connectivity index (χ2n) is 6.53. The van der Waals surface area contributed by atoms with Crippen LogP contribution in [0.15, 0.2) is 39.1 Å². The van der Waals surface area contributed by atoms with Crippen molar-refractivity contribution in [1.29, 1.82) is 0 Å². The molecule has 4 rings (SSSR count). The van der Waals surface area contributed by atoms with E-state index in [0.29, 0.717) is 46.9 Å². The van der Waals surface area contributed by atoms with Crippen LogP contribution >= 0.6 is 0 Å². The van der Waals surface area contributed by atoms with E-state index in [9.17, 15) is 14.4 Å². The first kappa shape index (κ1) is 17.1. The number of carbonyl (C=O) groups excluding carboxylic acids is 1. The molecule has 27 heavy (non-hydrogen) atoms. The van der Waals surface area contributed by atoms with E-state index >= 15 is 0 Å². The summed E-state index contributed by atoms with van der Waals surface area (Å²) in [7, 11) is 3.07. The van der Waals surface area contributed by atoms with Crippen LogP contribution in [0.4, 0.5) is 5.82 Å². The Kier molecular flexibility index (Phi) is 4.10. The first-order chi connectivity index (χ1) is 13.0. The van der Waals surface area contributed by atoms with Crippen LogP contribution in [0.2, 0.25) is 0 Å². The summed E-state index contributed by atoms with van der Waals surface area (Å²) >= 11 is 0. The van der Waals surface area contributed by atoms with Crippen molar-refractivity contribution in [3.8, 4) is 11.5 Å². The Morgan fingerprint density at radius 2 is 1.85 bits per heavy atom. The van der Waals surface area contributed by atoms with Gasteiger partial charge in [0.25, 0.3) is 5.56 Å². The molecular formula is C19H19N3O5. The number of benzene rings is 1. The number of allylic oxidation sites excluding steroid dienone is 2. The van der Waals surface area contributed by atoms with E-state index in [0.717, 1.165) is 12.1 Å². The van der Waals surface area contributed by atoms with Crippen LogP contribution < -0.4 is 26.0 Å². The minimum Gasteiger partial charge on any atom is -0.497 e. The van der Waals surface area contributed by atoms with Gasteiger partial charge in [-0.3, -0.25) is 19.6 Å². The molecule has 2 heterocycles. The lowest BCUT2D eigenvalue weighted by atomic mass is 9.76. The molecule has 1 aliphatic heterocycles. The van der Waals surface area contributed by atoms with Gasteiger partial charge in [0.15, 0.2) is 5.78 Å². The number of nitrogens with one attached hydrogen (secondary N) is 3. The highest BCUT2D eigenvalue weighted by Crippen LogP contribution is 2.46. The average molecular weight is 369 g/mol. The predicted molar refractivity (Wildman–Crippen MR) is 98.6 cm³/mol. The van der Waals surface area contributed by atoms with Gasteiger partial charge < -0.3 is 14.8 Å². The van der Waals surface area contributed by atoms with Gasteiger partial charge in [0.1, 0.15) is 17.3 Å². The monoisotopic (exact) mass is 369 g/mol. The highest BCUT2D eigenvalue weighted by Gasteiger charge is 2.38. The van der Waals surface area contributed by atoms with Crippen LogP contribution in [0, 0.1) is 0 Å². The third-order valence-electron chi connectivity index (χ3n) is 5.04. The van der Waals surface area contributed by atoms with E-state index in [-0.39, 0.29) is 5.78 Å². The fourth-order valence-corrected chi connectivity index (χ4v) is 3.86. The van der Waals surface area contributed by atoms with Crippen molar-refractivity contribution in [2.45, 2.75) is 25.2 Å². The molecule has 0 spiro atoms. The van der Waals surface area contributed by atoms with Crippen molar-refractivity contribution >= 4 is 11.6 Å². The Morgan fingerprint density at radius 1 is 1.04 bits per heavy atom. The summed E-state index contributed by atoms with van der Waals surface area (Å²) in [5, 5.41) is 3.09. The van der Waals surface area contributed by atoms with Crippen LogP contribution in [-0.4, -0.2) is 30.0 Å². The lowest BCUT2D eigenvalue weighted by Crippen LogP contribution is -2.36. The zero-order chi connectivity index (χ0) is 19.1. The second kappa shape index (κ2) is 6.46. The van der Waals surface area contributed by atoms with E-state index in [1.54, 1.807) is 25.3 Å². The standard InChI is InChI=1S/C19H19N3O5/c1-26-9-6-7-10(13(8-9)27-2)14-15-11(4-3-5-12(15)23)20-17-16(14)18(24)22-19(25)21-17/h6-8,14H,3-5H2,1-2H3,(H3,20,21,22,24,25)/t14-/m0/s1. The molecule has 1 aliphatic carbocycles. The molecule has 0 bridgehead atoms. The number of aromatic nitrogens is 2. The molecule has 140 valence electrons. The molecule has 0 fully saturated rings. The largest absolute Gasteiger partial charge is 0.497 e. The Morgan fingerprint density at radius 3 is 2.59 bits per heavy atom. The summed E-state index contributed by atoms with van der Waals surface area (Å²) in [6.45, 7) is 0. The molecule has 3 N–H and O–H groups in total. The summed E-state index contributed by atoms with van der Waals surface area (Å²) in [5.74, 6) is 0.779. The number of fused-ring (bicyclic) bond motifs is 1. The molecule has 0 amide bonds. The maximum atomic E-state index is 12.8. The summed E-state index contributed by atoms with van der Waals surface area (Å²) in [4.78, 5) is 42.1. The first-order valence-corrected chi connectivity index (χ1v) is 8.65. The van der Waals surface area contributed by atoms with Gasteiger partial charge in [-0.15, -0.1) is 0 Å². The zero-order valence-corrected chi connectivity index (χ0v) is 15.0. The molecule has 8 heteroatoms. The molecular weight excluding hydrogens is 350 g/mol. The number of methoxy groups -OCH3 is 2. The molecule has 0 saturated carbocycles. The van der Waals surface area contributed by atoms with Gasteiger partial charge in [-0.1, -0.05) is 6.07 Å². The number of Topliss-reactive ketones (excluding diaryl/α,β-unsaturated/α-hetero) is 1. The van der Waals surface area contributed by atoms with E-state index in [1.807, 2.05) is 0 Å². The Balaban J connectivity index is 2.02. The molecule has 0 saturated heterocycles.